The highest BCUT2D eigenvalue weighted by atomic mass is 32.2. The lowest BCUT2D eigenvalue weighted by molar-refractivity contribution is 0.0592. The molecule has 0 bridgehead atoms. The summed E-state index contributed by atoms with van der Waals surface area (Å²) in [6.45, 7) is 8.18. The zero-order valence-electron chi connectivity index (χ0n) is 31.1. The van der Waals surface area contributed by atoms with Crippen LogP contribution in [0.3, 0.4) is 0 Å². The molecule has 1 aliphatic rings. The van der Waals surface area contributed by atoms with Gasteiger partial charge in [0.2, 0.25) is 10.0 Å². The summed E-state index contributed by atoms with van der Waals surface area (Å²) < 4.78 is 63.3. The number of para-hydroxylation sites is 2. The number of carbonyl (C=O) groups excluding carboxylic acids is 2. The molecule has 0 saturated carbocycles. The number of esters is 2. The van der Waals surface area contributed by atoms with Crippen LogP contribution in [0.1, 0.15) is 31.8 Å². The predicted molar refractivity (Wildman–Crippen MR) is 214 cm³/mol. The number of hydrogen-bond acceptors (Lipinski definition) is 11. The maximum atomic E-state index is 13.3. The number of rotatable bonds is 16. The van der Waals surface area contributed by atoms with E-state index in [0.29, 0.717) is 35.6 Å². The second-order valence-corrected chi connectivity index (χ2v) is 16.3. The topological polar surface area (TPSA) is 154 Å². The fraction of sp³-hybridized carbons (Fsp3) is 0.300. The normalized spacial score (nSPS) is 13.5. The second kappa shape index (κ2) is 20.6. The van der Waals surface area contributed by atoms with Crippen LogP contribution in [0.5, 0.6) is 0 Å². The number of nitrogens with zero attached hydrogens (tertiary/aromatic N) is 4. The standard InChI is InChI=1S/C23H31N3O5S.C17H17NO4S/c1-31-23(28)21-9-7-20(8-10-21)19-26(22-5-3-2-4-6-22)32(29,30)18-16-25-13-11-24(12-14-25)15-17-27;1-3-23(20,21)18(16-7-5-4-6-8-16)13-14-9-11-15(12-10-14)17(19)22-2/h2-10,27H,11-19H2,1H3;3-12H,1,13H2,2H3. The van der Waals surface area contributed by atoms with E-state index in [0.717, 1.165) is 42.7 Å². The zero-order valence-corrected chi connectivity index (χ0v) is 32.7. The van der Waals surface area contributed by atoms with E-state index in [1.165, 1.54) is 22.8 Å². The van der Waals surface area contributed by atoms with Crippen molar-refractivity contribution in [3.63, 3.8) is 0 Å². The minimum atomic E-state index is -3.64. The van der Waals surface area contributed by atoms with Gasteiger partial charge in [0.05, 0.1) is 62.2 Å². The lowest BCUT2D eigenvalue weighted by Crippen LogP contribution is -2.49. The molecule has 13 nitrogen and oxygen atoms in total. The predicted octanol–water partition coefficient (Wildman–Crippen LogP) is 4.37. The number of ether oxygens (including phenoxy) is 2. The number of β-amino-alcohol motifs (C(OH)–C–C–N with tert-alkyl or cyclic N) is 1. The maximum Gasteiger partial charge on any atom is 0.337 e. The number of carbonyl (C=O) groups is 2. The van der Waals surface area contributed by atoms with Crippen LogP contribution in [0.4, 0.5) is 11.4 Å². The molecule has 1 N–H and O–H groups in total. The van der Waals surface area contributed by atoms with Gasteiger partial charge < -0.3 is 14.6 Å². The van der Waals surface area contributed by atoms with Gasteiger partial charge in [0.15, 0.2) is 0 Å². The van der Waals surface area contributed by atoms with Crippen molar-refractivity contribution in [2.75, 3.05) is 74.5 Å². The summed E-state index contributed by atoms with van der Waals surface area (Å²) in [5, 5.41) is 10.00. The molecule has 0 aliphatic carbocycles. The second-order valence-electron chi connectivity index (χ2n) is 12.5. The summed E-state index contributed by atoms with van der Waals surface area (Å²) in [4.78, 5) is 27.4. The van der Waals surface area contributed by atoms with Crippen molar-refractivity contribution in [3.05, 3.63) is 143 Å². The van der Waals surface area contributed by atoms with E-state index in [1.54, 1.807) is 84.9 Å². The molecular weight excluding hydrogens is 745 g/mol. The molecular formula is C40H48N4O9S2. The molecule has 55 heavy (non-hydrogen) atoms. The van der Waals surface area contributed by atoms with Crippen molar-refractivity contribution in [2.45, 2.75) is 13.1 Å². The van der Waals surface area contributed by atoms with Gasteiger partial charge in [0.25, 0.3) is 10.0 Å². The Labute approximate surface area is 324 Å². The number of anilines is 2. The Morgan fingerprint density at radius 3 is 1.45 bits per heavy atom. The summed E-state index contributed by atoms with van der Waals surface area (Å²) in [5.41, 5.74) is 3.51. The third-order valence-electron chi connectivity index (χ3n) is 8.89. The van der Waals surface area contributed by atoms with Crippen molar-refractivity contribution < 1.29 is 41.0 Å². The minimum absolute atomic E-state index is 0.0160. The largest absolute Gasteiger partial charge is 0.465 e. The number of aliphatic hydroxyl groups is 1. The van der Waals surface area contributed by atoms with Gasteiger partial charge in [-0.15, -0.1) is 0 Å². The van der Waals surface area contributed by atoms with Crippen LogP contribution in [0.25, 0.3) is 0 Å². The smallest absolute Gasteiger partial charge is 0.337 e. The Bertz CT molecular complexity index is 2040. The molecule has 294 valence electrons. The van der Waals surface area contributed by atoms with E-state index in [2.05, 4.69) is 21.1 Å². The third-order valence-corrected chi connectivity index (χ3v) is 12.0. The number of benzene rings is 4. The molecule has 4 aromatic carbocycles. The lowest BCUT2D eigenvalue weighted by atomic mass is 10.1. The minimum Gasteiger partial charge on any atom is -0.465 e. The van der Waals surface area contributed by atoms with E-state index in [1.807, 2.05) is 24.3 Å². The van der Waals surface area contributed by atoms with E-state index >= 15 is 0 Å². The highest BCUT2D eigenvalue weighted by Crippen LogP contribution is 2.23. The van der Waals surface area contributed by atoms with Gasteiger partial charge >= 0.3 is 11.9 Å². The first-order valence-electron chi connectivity index (χ1n) is 17.6. The van der Waals surface area contributed by atoms with Crippen LogP contribution < -0.4 is 8.61 Å². The number of sulfonamides is 2. The first kappa shape index (κ1) is 42.7. The molecule has 0 unspecified atom stereocenters. The summed E-state index contributed by atoms with van der Waals surface area (Å²) in [5.74, 6) is -0.847. The highest BCUT2D eigenvalue weighted by Gasteiger charge is 2.25. The SMILES string of the molecule is C=CS(=O)(=O)N(Cc1ccc(C(=O)OC)cc1)c1ccccc1.COC(=O)c1ccc(CN(c2ccccc2)S(=O)(=O)CCN2CCN(CCO)CC2)cc1. The van der Waals surface area contributed by atoms with Crippen molar-refractivity contribution in [1.82, 2.24) is 9.80 Å². The number of piperazine rings is 1. The number of hydrogen-bond donors (Lipinski definition) is 1. The van der Waals surface area contributed by atoms with Gasteiger partial charge in [-0.1, -0.05) is 67.2 Å². The first-order chi connectivity index (χ1) is 26.4. The highest BCUT2D eigenvalue weighted by molar-refractivity contribution is 7.95. The Morgan fingerprint density at radius 2 is 1.05 bits per heavy atom. The molecule has 1 heterocycles. The van der Waals surface area contributed by atoms with Crippen molar-refractivity contribution >= 4 is 43.4 Å². The van der Waals surface area contributed by atoms with Crippen molar-refractivity contribution in [3.8, 4) is 0 Å². The molecule has 1 aliphatic heterocycles. The monoisotopic (exact) mass is 792 g/mol. The van der Waals surface area contributed by atoms with Gasteiger partial charge in [0.1, 0.15) is 0 Å². The maximum absolute atomic E-state index is 13.3. The molecule has 0 aromatic heterocycles. The summed E-state index contributed by atoms with van der Waals surface area (Å²) >= 11 is 0. The van der Waals surface area contributed by atoms with E-state index in [4.69, 9.17) is 9.84 Å². The van der Waals surface area contributed by atoms with E-state index < -0.39 is 32.0 Å². The first-order valence-corrected chi connectivity index (χ1v) is 20.7. The quantitative estimate of drug-likeness (QED) is 0.161. The lowest BCUT2D eigenvalue weighted by Gasteiger charge is -2.34. The molecule has 15 heteroatoms. The molecule has 0 atom stereocenters. The number of aliphatic hydroxyl groups excluding tert-OH is 1. The molecule has 1 saturated heterocycles. The van der Waals surface area contributed by atoms with Gasteiger partial charge in [-0.25, -0.2) is 26.4 Å². The Hall–Kier alpha value is -5.06. The van der Waals surface area contributed by atoms with Crippen LogP contribution in [0.15, 0.2) is 121 Å². The Balaban J connectivity index is 0.000000258. The van der Waals surface area contributed by atoms with Gasteiger partial charge in [-0.3, -0.25) is 18.4 Å². The van der Waals surface area contributed by atoms with Crippen molar-refractivity contribution in [1.29, 1.82) is 0 Å². The van der Waals surface area contributed by atoms with Crippen LogP contribution in [0.2, 0.25) is 0 Å². The average molecular weight is 793 g/mol. The van der Waals surface area contributed by atoms with Gasteiger partial charge in [-0.2, -0.15) is 0 Å². The molecule has 0 spiro atoms. The molecule has 5 rings (SSSR count). The fourth-order valence-electron chi connectivity index (χ4n) is 5.75. The fourth-order valence-corrected chi connectivity index (χ4v) is 8.17. The van der Waals surface area contributed by atoms with Crippen molar-refractivity contribution in [2.24, 2.45) is 0 Å². The Kier molecular flexibility index (Phi) is 16.0. The number of methoxy groups -OCH3 is 2. The summed E-state index contributed by atoms with van der Waals surface area (Å²) in [7, 11) is -4.58. The van der Waals surface area contributed by atoms with Gasteiger partial charge in [0, 0.05) is 44.7 Å². The summed E-state index contributed by atoms with van der Waals surface area (Å²) in [6.07, 6.45) is 0. The van der Waals surface area contributed by atoms with E-state index in [9.17, 15) is 26.4 Å². The third kappa shape index (κ3) is 12.5. The molecule has 0 amide bonds. The zero-order chi connectivity index (χ0) is 39.8. The molecule has 0 radical (unpaired) electrons. The Morgan fingerprint density at radius 1 is 0.655 bits per heavy atom. The molecule has 4 aromatic rings. The van der Waals surface area contributed by atoms with Crippen LogP contribution >= 0.6 is 0 Å². The average Bonchev–Trinajstić information content (AvgIpc) is 3.22. The van der Waals surface area contributed by atoms with Crippen LogP contribution in [-0.2, 0) is 42.6 Å². The van der Waals surface area contributed by atoms with Gasteiger partial charge in [-0.05, 0) is 59.7 Å². The van der Waals surface area contributed by atoms with Crippen LogP contribution in [0, 0.1) is 0 Å². The van der Waals surface area contributed by atoms with Crippen LogP contribution in [-0.4, -0.2) is 110 Å². The molecule has 1 fully saturated rings. The van der Waals surface area contributed by atoms with E-state index in [-0.39, 0.29) is 25.4 Å². The summed E-state index contributed by atoms with van der Waals surface area (Å²) in [6, 6.07) is 31.2.